The molecule has 25 heavy (non-hydrogen) atoms. The van der Waals surface area contributed by atoms with Crippen LogP contribution >= 0.6 is 0 Å². The summed E-state index contributed by atoms with van der Waals surface area (Å²) < 4.78 is 0. The van der Waals surface area contributed by atoms with Crippen molar-refractivity contribution in [2.24, 2.45) is 15.8 Å². The van der Waals surface area contributed by atoms with Gasteiger partial charge in [0, 0.05) is 5.56 Å². The van der Waals surface area contributed by atoms with E-state index in [2.05, 4.69) is 16.6 Å². The summed E-state index contributed by atoms with van der Waals surface area (Å²) in [6.07, 6.45) is 0.810. The summed E-state index contributed by atoms with van der Waals surface area (Å²) in [4.78, 5) is 16.8. The zero-order chi connectivity index (χ0) is 18.0. The van der Waals surface area contributed by atoms with Gasteiger partial charge in [0.1, 0.15) is 0 Å². The number of amides is 1. The van der Waals surface area contributed by atoms with E-state index in [1.165, 1.54) is 0 Å². The van der Waals surface area contributed by atoms with Crippen LogP contribution in [0.25, 0.3) is 0 Å². The number of hydrogen-bond acceptors (Lipinski definition) is 4. The number of nitrogens with two attached hydrogens (primary N) is 1. The van der Waals surface area contributed by atoms with Gasteiger partial charge in [0.25, 0.3) is 5.91 Å². The molecule has 0 fully saturated rings. The summed E-state index contributed by atoms with van der Waals surface area (Å²) in [5.74, 6) is -0.605. The summed E-state index contributed by atoms with van der Waals surface area (Å²) >= 11 is 0. The number of hydrogen-bond donors (Lipinski definition) is 2. The smallest absolute Gasteiger partial charge is 0.271 e. The lowest BCUT2D eigenvalue weighted by molar-refractivity contribution is -0.111. The SMILES string of the molecule is Cc1cccc(N/N=C(/C(N)=O)C2=NC(C)(C)Cc3ccccc32)c1. The molecule has 0 aromatic heterocycles. The molecule has 0 unspecified atom stereocenters. The van der Waals surface area contributed by atoms with Crippen LogP contribution in [0, 0.1) is 6.92 Å². The van der Waals surface area contributed by atoms with Crippen LogP contribution in [-0.4, -0.2) is 22.9 Å². The Balaban J connectivity index is 2.03. The highest BCUT2D eigenvalue weighted by Gasteiger charge is 2.30. The summed E-state index contributed by atoms with van der Waals surface area (Å²) in [7, 11) is 0. The third kappa shape index (κ3) is 3.76. The van der Waals surface area contributed by atoms with E-state index < -0.39 is 5.91 Å². The van der Waals surface area contributed by atoms with Crippen LogP contribution in [0.5, 0.6) is 0 Å². The van der Waals surface area contributed by atoms with Gasteiger partial charge in [-0.2, -0.15) is 5.10 Å². The lowest BCUT2D eigenvalue weighted by atomic mass is 9.85. The van der Waals surface area contributed by atoms with E-state index in [4.69, 9.17) is 10.7 Å². The number of nitrogens with one attached hydrogen (secondary N) is 1. The molecule has 128 valence electrons. The van der Waals surface area contributed by atoms with Crippen molar-refractivity contribution in [3.8, 4) is 0 Å². The molecule has 0 atom stereocenters. The van der Waals surface area contributed by atoms with E-state index in [0.717, 1.165) is 28.8 Å². The van der Waals surface area contributed by atoms with E-state index in [-0.39, 0.29) is 11.3 Å². The summed E-state index contributed by atoms with van der Waals surface area (Å²) in [5.41, 5.74) is 12.9. The number of rotatable bonds is 4. The minimum Gasteiger partial charge on any atom is -0.364 e. The van der Waals surface area contributed by atoms with Crippen LogP contribution in [0.1, 0.15) is 30.5 Å². The summed E-state index contributed by atoms with van der Waals surface area (Å²) in [6.45, 7) is 6.07. The van der Waals surface area contributed by atoms with Gasteiger partial charge in [-0.15, -0.1) is 0 Å². The normalized spacial score (nSPS) is 16.0. The fraction of sp³-hybridized carbons (Fsp3) is 0.250. The minimum absolute atomic E-state index is 0.140. The molecule has 5 heteroatoms. The zero-order valence-electron chi connectivity index (χ0n) is 14.7. The second-order valence-corrected chi connectivity index (χ2v) is 6.91. The molecule has 0 radical (unpaired) electrons. The molecule has 3 rings (SSSR count). The number of primary amides is 1. The van der Waals surface area contributed by atoms with E-state index in [9.17, 15) is 4.79 Å². The minimum atomic E-state index is -0.605. The van der Waals surface area contributed by atoms with Gasteiger partial charge < -0.3 is 5.73 Å². The van der Waals surface area contributed by atoms with Crippen molar-refractivity contribution in [3.63, 3.8) is 0 Å². The number of carbonyl (C=O) groups excluding carboxylic acids is 1. The first-order valence-corrected chi connectivity index (χ1v) is 8.24. The Hall–Kier alpha value is -2.95. The van der Waals surface area contributed by atoms with E-state index >= 15 is 0 Å². The number of carbonyl (C=O) groups is 1. The highest BCUT2D eigenvalue weighted by atomic mass is 16.1. The van der Waals surface area contributed by atoms with Crippen LogP contribution in [-0.2, 0) is 11.2 Å². The molecule has 2 aromatic rings. The second kappa shape index (κ2) is 6.51. The maximum atomic E-state index is 12.1. The van der Waals surface area contributed by atoms with Gasteiger partial charge in [0.2, 0.25) is 0 Å². The summed E-state index contributed by atoms with van der Waals surface area (Å²) in [6, 6.07) is 15.7. The van der Waals surface area contributed by atoms with Gasteiger partial charge in [-0.25, -0.2) is 0 Å². The average Bonchev–Trinajstić information content (AvgIpc) is 2.53. The van der Waals surface area contributed by atoms with Crippen molar-refractivity contribution < 1.29 is 4.79 Å². The van der Waals surface area contributed by atoms with E-state index in [1.807, 2.05) is 63.2 Å². The van der Waals surface area contributed by atoms with Gasteiger partial charge in [-0.1, -0.05) is 36.4 Å². The van der Waals surface area contributed by atoms with E-state index in [1.54, 1.807) is 0 Å². The third-order valence-corrected chi connectivity index (χ3v) is 4.08. The summed E-state index contributed by atoms with van der Waals surface area (Å²) in [5, 5.41) is 4.28. The molecule has 3 N–H and O–H groups in total. The molecule has 1 aliphatic rings. The van der Waals surface area contributed by atoms with Crippen molar-refractivity contribution in [2.75, 3.05) is 5.43 Å². The Morgan fingerprint density at radius 2 is 1.96 bits per heavy atom. The molecular formula is C20H22N4O. The van der Waals surface area contributed by atoms with Crippen molar-refractivity contribution in [1.29, 1.82) is 0 Å². The number of aliphatic imine (C=N–C) groups is 1. The lowest BCUT2D eigenvalue weighted by Crippen LogP contribution is -2.38. The maximum Gasteiger partial charge on any atom is 0.271 e. The van der Waals surface area contributed by atoms with Gasteiger partial charge in [0.05, 0.1) is 16.9 Å². The third-order valence-electron chi connectivity index (χ3n) is 4.08. The lowest BCUT2D eigenvalue weighted by Gasteiger charge is -2.28. The Kier molecular flexibility index (Phi) is 4.40. The van der Waals surface area contributed by atoms with Gasteiger partial charge >= 0.3 is 0 Å². The van der Waals surface area contributed by atoms with Crippen LogP contribution in [0.4, 0.5) is 5.69 Å². The molecule has 1 amide bonds. The number of nitrogens with zero attached hydrogens (tertiary/aromatic N) is 2. The standard InChI is InChI=1S/C20H22N4O/c1-13-7-6-9-15(11-13)23-24-18(19(21)25)17-16-10-5-4-8-14(16)12-20(2,3)22-17/h4-11,23H,12H2,1-3H3,(H2,21,25)/b24-18+. The number of hydrazone groups is 1. The fourth-order valence-electron chi connectivity index (χ4n) is 3.01. The van der Waals surface area contributed by atoms with Crippen LogP contribution < -0.4 is 11.2 Å². The number of anilines is 1. The van der Waals surface area contributed by atoms with Crippen molar-refractivity contribution in [1.82, 2.24) is 0 Å². The molecule has 1 heterocycles. The first-order chi connectivity index (χ1) is 11.9. The molecule has 2 aromatic carbocycles. The monoisotopic (exact) mass is 334 g/mol. The quantitative estimate of drug-likeness (QED) is 0.665. The average molecular weight is 334 g/mol. The predicted octanol–water partition coefficient (Wildman–Crippen LogP) is 3.07. The molecular weight excluding hydrogens is 312 g/mol. The Morgan fingerprint density at radius 3 is 2.68 bits per heavy atom. The first-order valence-electron chi connectivity index (χ1n) is 8.24. The maximum absolute atomic E-state index is 12.1. The second-order valence-electron chi connectivity index (χ2n) is 6.91. The zero-order valence-corrected chi connectivity index (χ0v) is 14.7. The Morgan fingerprint density at radius 1 is 1.20 bits per heavy atom. The van der Waals surface area contributed by atoms with Crippen LogP contribution in [0.3, 0.4) is 0 Å². The molecule has 1 aliphatic heterocycles. The highest BCUT2D eigenvalue weighted by Crippen LogP contribution is 2.27. The first kappa shape index (κ1) is 16.9. The van der Waals surface area contributed by atoms with Crippen LogP contribution in [0.15, 0.2) is 58.6 Å². The molecule has 0 spiro atoms. The fourth-order valence-corrected chi connectivity index (χ4v) is 3.01. The number of fused-ring (bicyclic) bond motifs is 1. The largest absolute Gasteiger partial charge is 0.364 e. The van der Waals surface area contributed by atoms with Gasteiger partial charge in [0.15, 0.2) is 5.71 Å². The van der Waals surface area contributed by atoms with Crippen LogP contribution in [0.2, 0.25) is 0 Å². The molecule has 0 saturated carbocycles. The van der Waals surface area contributed by atoms with Crippen molar-refractivity contribution in [2.45, 2.75) is 32.7 Å². The highest BCUT2D eigenvalue weighted by molar-refractivity contribution is 6.70. The molecule has 0 bridgehead atoms. The Bertz CT molecular complexity index is 881. The Labute approximate surface area is 147 Å². The molecule has 5 nitrogen and oxygen atoms in total. The van der Waals surface area contributed by atoms with Crippen molar-refractivity contribution in [3.05, 3.63) is 65.2 Å². The topological polar surface area (TPSA) is 79.8 Å². The van der Waals surface area contributed by atoms with Gasteiger partial charge in [-0.05, 0) is 50.5 Å². The van der Waals surface area contributed by atoms with Gasteiger partial charge in [-0.3, -0.25) is 15.2 Å². The van der Waals surface area contributed by atoms with Crippen molar-refractivity contribution >= 4 is 23.0 Å². The predicted molar refractivity (Wildman–Crippen MR) is 102 cm³/mol. The number of aryl methyl sites for hydroxylation is 1. The molecule has 0 saturated heterocycles. The molecule has 0 aliphatic carbocycles. The van der Waals surface area contributed by atoms with E-state index in [0.29, 0.717) is 5.71 Å². The number of benzene rings is 2.